The van der Waals surface area contributed by atoms with Gasteiger partial charge < -0.3 is 15.0 Å². The summed E-state index contributed by atoms with van der Waals surface area (Å²) in [4.78, 5) is 12.2. The lowest BCUT2D eigenvalue weighted by atomic mass is 9.92. The summed E-state index contributed by atoms with van der Waals surface area (Å²) in [5.41, 5.74) is 4.19. The molecule has 0 amide bonds. The van der Waals surface area contributed by atoms with Crippen LogP contribution in [-0.2, 0) is 7.05 Å². The SMILES string of the molecule is COc1nc(NC2CCC(F)(F)CC2)nc2[nH]cc(-c3ccc4nnn(C)c4c3)c12. The van der Waals surface area contributed by atoms with Crippen LogP contribution in [0.3, 0.4) is 0 Å². The average molecular weight is 413 g/mol. The van der Waals surface area contributed by atoms with E-state index in [1.807, 2.05) is 31.4 Å². The van der Waals surface area contributed by atoms with E-state index in [1.165, 1.54) is 0 Å². The first-order valence-corrected chi connectivity index (χ1v) is 9.81. The highest BCUT2D eigenvalue weighted by atomic mass is 19.3. The van der Waals surface area contributed by atoms with Crippen LogP contribution in [0.1, 0.15) is 25.7 Å². The molecule has 10 heteroatoms. The number of anilines is 1. The molecule has 0 saturated heterocycles. The highest BCUT2D eigenvalue weighted by Gasteiger charge is 2.35. The third kappa shape index (κ3) is 3.21. The number of halogens is 2. The van der Waals surface area contributed by atoms with Crippen molar-refractivity contribution in [3.63, 3.8) is 0 Å². The minimum absolute atomic E-state index is 0.0824. The number of ether oxygens (including phenoxy) is 1. The van der Waals surface area contributed by atoms with Crippen molar-refractivity contribution in [1.29, 1.82) is 0 Å². The summed E-state index contributed by atoms with van der Waals surface area (Å²) in [6.07, 6.45) is 2.37. The maximum Gasteiger partial charge on any atom is 0.248 e. The number of nitrogens with zero attached hydrogens (tertiary/aromatic N) is 5. The molecule has 4 aromatic rings. The van der Waals surface area contributed by atoms with Crippen molar-refractivity contribution in [1.82, 2.24) is 29.9 Å². The zero-order chi connectivity index (χ0) is 20.9. The summed E-state index contributed by atoms with van der Waals surface area (Å²) in [7, 11) is 3.40. The first kappa shape index (κ1) is 18.7. The van der Waals surface area contributed by atoms with Gasteiger partial charge in [0.15, 0.2) is 0 Å². The van der Waals surface area contributed by atoms with Gasteiger partial charge in [0.2, 0.25) is 17.8 Å². The lowest BCUT2D eigenvalue weighted by molar-refractivity contribution is -0.0361. The van der Waals surface area contributed by atoms with Gasteiger partial charge in [-0.3, -0.25) is 0 Å². The van der Waals surface area contributed by atoms with Crippen molar-refractivity contribution >= 4 is 28.0 Å². The van der Waals surface area contributed by atoms with E-state index in [9.17, 15) is 8.78 Å². The number of benzene rings is 1. The second kappa shape index (κ2) is 6.89. The van der Waals surface area contributed by atoms with Crippen LogP contribution in [0.5, 0.6) is 5.88 Å². The van der Waals surface area contributed by atoms with E-state index in [2.05, 4.69) is 30.6 Å². The first-order valence-electron chi connectivity index (χ1n) is 9.81. The molecule has 0 unspecified atom stereocenters. The molecule has 0 radical (unpaired) electrons. The predicted octanol–water partition coefficient (Wildman–Crippen LogP) is 3.91. The number of alkyl halides is 2. The number of methoxy groups -OCH3 is 1. The maximum absolute atomic E-state index is 13.4. The molecule has 0 spiro atoms. The minimum Gasteiger partial charge on any atom is -0.480 e. The van der Waals surface area contributed by atoms with E-state index in [0.717, 1.165) is 27.5 Å². The van der Waals surface area contributed by atoms with Crippen molar-refractivity contribution in [2.24, 2.45) is 7.05 Å². The monoisotopic (exact) mass is 413 g/mol. The molecular formula is C20H21F2N7O. The molecule has 30 heavy (non-hydrogen) atoms. The lowest BCUT2D eigenvalue weighted by Crippen LogP contribution is -2.32. The molecule has 3 heterocycles. The second-order valence-corrected chi connectivity index (χ2v) is 7.67. The Morgan fingerprint density at radius 2 is 2.03 bits per heavy atom. The third-order valence-corrected chi connectivity index (χ3v) is 5.66. The number of rotatable bonds is 4. The molecule has 5 rings (SSSR count). The molecule has 1 aliphatic carbocycles. The van der Waals surface area contributed by atoms with Gasteiger partial charge in [0.1, 0.15) is 11.2 Å². The van der Waals surface area contributed by atoms with Gasteiger partial charge in [-0.05, 0) is 30.5 Å². The topological polar surface area (TPSA) is 93.5 Å². The minimum atomic E-state index is -2.57. The Labute approximate surface area is 170 Å². The number of H-pyrrole nitrogens is 1. The van der Waals surface area contributed by atoms with Gasteiger partial charge in [-0.2, -0.15) is 9.97 Å². The standard InChI is InChI=1S/C20H21F2N7O/c1-29-15-9-11(3-4-14(15)27-28-29)13-10-23-17-16(13)18(30-2)26-19(25-17)24-12-5-7-20(21,22)8-6-12/h3-4,9-10,12H,5-8H2,1-2H3,(H2,23,24,25,26). The Bertz CT molecular complexity index is 1220. The third-order valence-electron chi connectivity index (χ3n) is 5.66. The summed E-state index contributed by atoms with van der Waals surface area (Å²) in [5, 5.41) is 12.1. The van der Waals surface area contributed by atoms with E-state index in [-0.39, 0.29) is 18.9 Å². The molecule has 3 aromatic heterocycles. The molecule has 2 N–H and O–H groups in total. The van der Waals surface area contributed by atoms with Crippen LogP contribution < -0.4 is 10.1 Å². The average Bonchev–Trinajstić information content (AvgIpc) is 3.32. The number of aromatic nitrogens is 6. The molecule has 156 valence electrons. The largest absolute Gasteiger partial charge is 0.480 e. The van der Waals surface area contributed by atoms with Gasteiger partial charge in [0, 0.05) is 37.7 Å². The van der Waals surface area contributed by atoms with Crippen LogP contribution in [-0.4, -0.2) is 49.0 Å². The van der Waals surface area contributed by atoms with Crippen molar-refractivity contribution < 1.29 is 13.5 Å². The number of fused-ring (bicyclic) bond motifs is 2. The highest BCUT2D eigenvalue weighted by Crippen LogP contribution is 2.37. The fraction of sp³-hybridized carbons (Fsp3) is 0.400. The van der Waals surface area contributed by atoms with Crippen LogP contribution >= 0.6 is 0 Å². The van der Waals surface area contributed by atoms with Crippen molar-refractivity contribution in [2.45, 2.75) is 37.6 Å². The molecule has 1 saturated carbocycles. The number of aryl methyl sites for hydroxylation is 1. The van der Waals surface area contributed by atoms with Crippen LogP contribution in [0.25, 0.3) is 33.2 Å². The van der Waals surface area contributed by atoms with Crippen molar-refractivity contribution in [3.8, 4) is 17.0 Å². The normalized spacial score (nSPS) is 16.9. The van der Waals surface area contributed by atoms with Crippen LogP contribution in [0.4, 0.5) is 14.7 Å². The van der Waals surface area contributed by atoms with E-state index < -0.39 is 5.92 Å². The summed E-state index contributed by atoms with van der Waals surface area (Å²) >= 11 is 0. The number of aromatic amines is 1. The quantitative estimate of drug-likeness (QED) is 0.527. The Morgan fingerprint density at radius 3 is 2.80 bits per heavy atom. The second-order valence-electron chi connectivity index (χ2n) is 7.67. The van der Waals surface area contributed by atoms with Gasteiger partial charge >= 0.3 is 0 Å². The van der Waals surface area contributed by atoms with Crippen molar-refractivity contribution in [3.05, 3.63) is 24.4 Å². The van der Waals surface area contributed by atoms with Gasteiger partial charge in [-0.15, -0.1) is 5.10 Å². The fourth-order valence-electron chi connectivity index (χ4n) is 4.01. The zero-order valence-electron chi connectivity index (χ0n) is 16.6. The van der Waals surface area contributed by atoms with Gasteiger partial charge in [-0.1, -0.05) is 11.3 Å². The first-order chi connectivity index (χ1) is 14.4. The Kier molecular flexibility index (Phi) is 4.30. The molecule has 1 aromatic carbocycles. The number of hydrogen-bond acceptors (Lipinski definition) is 6. The fourth-order valence-corrected chi connectivity index (χ4v) is 4.01. The van der Waals surface area contributed by atoms with E-state index in [0.29, 0.717) is 30.3 Å². The summed E-state index contributed by atoms with van der Waals surface area (Å²) < 4.78 is 34.1. The molecule has 0 atom stereocenters. The van der Waals surface area contributed by atoms with E-state index >= 15 is 0 Å². The van der Waals surface area contributed by atoms with E-state index in [1.54, 1.807) is 11.8 Å². The Morgan fingerprint density at radius 1 is 1.23 bits per heavy atom. The lowest BCUT2D eigenvalue weighted by Gasteiger charge is -2.28. The smallest absolute Gasteiger partial charge is 0.248 e. The predicted molar refractivity (Wildman–Crippen MR) is 109 cm³/mol. The summed E-state index contributed by atoms with van der Waals surface area (Å²) in [5.74, 6) is -1.78. The zero-order valence-corrected chi connectivity index (χ0v) is 16.6. The van der Waals surface area contributed by atoms with Crippen LogP contribution in [0.15, 0.2) is 24.4 Å². The number of hydrogen-bond donors (Lipinski definition) is 2. The summed E-state index contributed by atoms with van der Waals surface area (Å²) in [6.45, 7) is 0. The summed E-state index contributed by atoms with van der Waals surface area (Å²) in [6, 6.07) is 5.80. The molecule has 0 bridgehead atoms. The van der Waals surface area contributed by atoms with Gasteiger partial charge in [0.25, 0.3) is 0 Å². The van der Waals surface area contributed by atoms with Crippen LogP contribution in [0.2, 0.25) is 0 Å². The molecule has 8 nitrogen and oxygen atoms in total. The molecular weight excluding hydrogens is 392 g/mol. The van der Waals surface area contributed by atoms with Crippen molar-refractivity contribution in [2.75, 3.05) is 12.4 Å². The molecule has 1 aliphatic rings. The Hall–Kier alpha value is -3.30. The number of nitrogens with one attached hydrogen (secondary N) is 2. The van der Waals surface area contributed by atoms with Crippen LogP contribution in [0, 0.1) is 0 Å². The van der Waals surface area contributed by atoms with Gasteiger partial charge in [0.05, 0.1) is 18.0 Å². The Balaban J connectivity index is 1.50. The molecule has 1 fully saturated rings. The highest BCUT2D eigenvalue weighted by molar-refractivity contribution is 5.99. The molecule has 0 aliphatic heterocycles. The van der Waals surface area contributed by atoms with Gasteiger partial charge in [-0.25, -0.2) is 13.5 Å². The van der Waals surface area contributed by atoms with E-state index in [4.69, 9.17) is 4.74 Å². The maximum atomic E-state index is 13.4.